The van der Waals surface area contributed by atoms with Gasteiger partial charge in [-0.2, -0.15) is 4.31 Å². The number of hydrogen-bond acceptors (Lipinski definition) is 4. The molecule has 1 amide bonds. The number of carbonyl (C=O) groups is 1. The van der Waals surface area contributed by atoms with Gasteiger partial charge in [0.15, 0.2) is 0 Å². The van der Waals surface area contributed by atoms with E-state index in [2.05, 4.69) is 0 Å². The number of rotatable bonds is 5. The maximum absolute atomic E-state index is 13.0. The van der Waals surface area contributed by atoms with Gasteiger partial charge in [0, 0.05) is 32.6 Å². The fourth-order valence-corrected chi connectivity index (χ4v) is 4.96. The van der Waals surface area contributed by atoms with Gasteiger partial charge in [0.2, 0.25) is 15.9 Å². The van der Waals surface area contributed by atoms with E-state index in [0.29, 0.717) is 51.7 Å². The number of benzene rings is 1. The zero-order chi connectivity index (χ0) is 18.6. The Morgan fingerprint density at radius 2 is 1.69 bits per heavy atom. The Bertz CT molecular complexity index is 709. The van der Waals surface area contributed by atoms with Crippen molar-refractivity contribution < 1.29 is 22.3 Å². The SMILES string of the molecule is O=C(CCC1CCN(S(=O)(=O)c2ccc(F)cc2)CC1)N1CCOCC1. The van der Waals surface area contributed by atoms with Gasteiger partial charge in [-0.1, -0.05) is 0 Å². The highest BCUT2D eigenvalue weighted by molar-refractivity contribution is 7.89. The molecule has 2 saturated heterocycles. The Morgan fingerprint density at radius 1 is 1.08 bits per heavy atom. The summed E-state index contributed by atoms with van der Waals surface area (Å²) in [4.78, 5) is 14.2. The van der Waals surface area contributed by atoms with Crippen molar-refractivity contribution in [2.24, 2.45) is 5.92 Å². The number of morpholine rings is 1. The van der Waals surface area contributed by atoms with Gasteiger partial charge in [-0.05, 0) is 49.4 Å². The summed E-state index contributed by atoms with van der Waals surface area (Å²) in [5, 5.41) is 0. The second-order valence-corrected chi connectivity index (χ2v) is 8.77. The summed E-state index contributed by atoms with van der Waals surface area (Å²) in [6, 6.07) is 4.93. The zero-order valence-corrected chi connectivity index (χ0v) is 15.6. The van der Waals surface area contributed by atoms with E-state index in [1.807, 2.05) is 4.90 Å². The second kappa shape index (κ2) is 8.45. The van der Waals surface area contributed by atoms with Crippen molar-refractivity contribution in [2.75, 3.05) is 39.4 Å². The largest absolute Gasteiger partial charge is 0.378 e. The first kappa shape index (κ1) is 19.3. The molecule has 0 spiro atoms. The van der Waals surface area contributed by atoms with Gasteiger partial charge in [0.1, 0.15) is 5.82 Å². The van der Waals surface area contributed by atoms with E-state index in [1.54, 1.807) is 0 Å². The molecule has 2 aliphatic rings. The maximum Gasteiger partial charge on any atom is 0.243 e. The number of halogens is 1. The average Bonchev–Trinajstić information content (AvgIpc) is 2.67. The number of piperidine rings is 1. The van der Waals surface area contributed by atoms with Crippen LogP contribution in [-0.4, -0.2) is 62.9 Å². The van der Waals surface area contributed by atoms with Gasteiger partial charge in [0.05, 0.1) is 18.1 Å². The third-order valence-electron chi connectivity index (χ3n) is 5.16. The Kier molecular flexibility index (Phi) is 6.26. The third-order valence-corrected chi connectivity index (χ3v) is 7.07. The number of sulfonamides is 1. The highest BCUT2D eigenvalue weighted by Crippen LogP contribution is 2.26. The molecule has 0 unspecified atom stereocenters. The highest BCUT2D eigenvalue weighted by Gasteiger charge is 2.29. The molecule has 2 fully saturated rings. The van der Waals surface area contributed by atoms with E-state index in [4.69, 9.17) is 4.74 Å². The first-order chi connectivity index (χ1) is 12.5. The van der Waals surface area contributed by atoms with E-state index in [-0.39, 0.29) is 10.8 Å². The molecule has 0 radical (unpaired) electrons. The molecule has 0 aromatic heterocycles. The molecule has 26 heavy (non-hydrogen) atoms. The van der Waals surface area contributed by atoms with Crippen molar-refractivity contribution >= 4 is 15.9 Å². The van der Waals surface area contributed by atoms with Crippen LogP contribution in [0.1, 0.15) is 25.7 Å². The molecule has 6 nitrogen and oxygen atoms in total. The topological polar surface area (TPSA) is 66.9 Å². The first-order valence-electron chi connectivity index (χ1n) is 9.08. The molecule has 2 heterocycles. The van der Waals surface area contributed by atoms with E-state index in [1.165, 1.54) is 16.4 Å². The van der Waals surface area contributed by atoms with Crippen LogP contribution in [0.2, 0.25) is 0 Å². The van der Waals surface area contributed by atoms with Crippen LogP contribution in [0, 0.1) is 11.7 Å². The van der Waals surface area contributed by atoms with Crippen molar-refractivity contribution in [3.63, 3.8) is 0 Å². The molecular weight excluding hydrogens is 359 g/mol. The fourth-order valence-electron chi connectivity index (χ4n) is 3.49. The highest BCUT2D eigenvalue weighted by atomic mass is 32.2. The molecule has 2 aliphatic heterocycles. The fraction of sp³-hybridized carbons (Fsp3) is 0.611. The van der Waals surface area contributed by atoms with Crippen LogP contribution in [0.25, 0.3) is 0 Å². The summed E-state index contributed by atoms with van der Waals surface area (Å²) in [6.07, 6.45) is 2.80. The average molecular weight is 384 g/mol. The molecule has 0 bridgehead atoms. The van der Waals surface area contributed by atoms with E-state index in [9.17, 15) is 17.6 Å². The van der Waals surface area contributed by atoms with E-state index < -0.39 is 15.8 Å². The Labute approximate surface area is 154 Å². The standard InChI is InChI=1S/C18H25FN2O4S/c19-16-2-4-17(5-3-16)26(23,24)21-9-7-15(8-10-21)1-6-18(22)20-11-13-25-14-12-20/h2-5,15H,1,6-14H2. The van der Waals surface area contributed by atoms with Crippen LogP contribution < -0.4 is 0 Å². The number of ether oxygens (including phenoxy) is 1. The van der Waals surface area contributed by atoms with Crippen LogP contribution in [0.5, 0.6) is 0 Å². The molecule has 0 aliphatic carbocycles. The van der Waals surface area contributed by atoms with Gasteiger partial charge in [0.25, 0.3) is 0 Å². The van der Waals surface area contributed by atoms with Crippen molar-refractivity contribution in [3.05, 3.63) is 30.1 Å². The molecule has 144 valence electrons. The van der Waals surface area contributed by atoms with Crippen LogP contribution in [-0.2, 0) is 19.6 Å². The summed E-state index contributed by atoms with van der Waals surface area (Å²) >= 11 is 0. The first-order valence-corrected chi connectivity index (χ1v) is 10.5. The number of carbonyl (C=O) groups excluding carboxylic acids is 1. The van der Waals surface area contributed by atoms with Crippen molar-refractivity contribution in [2.45, 2.75) is 30.6 Å². The van der Waals surface area contributed by atoms with Crippen LogP contribution in [0.15, 0.2) is 29.2 Å². The minimum Gasteiger partial charge on any atom is -0.378 e. The summed E-state index contributed by atoms with van der Waals surface area (Å²) in [7, 11) is -3.57. The lowest BCUT2D eigenvalue weighted by atomic mass is 9.93. The number of hydrogen-bond donors (Lipinski definition) is 0. The molecule has 3 rings (SSSR count). The summed E-state index contributed by atoms with van der Waals surface area (Å²) in [5.41, 5.74) is 0. The lowest BCUT2D eigenvalue weighted by Gasteiger charge is -2.32. The molecule has 1 aromatic rings. The van der Waals surface area contributed by atoms with Crippen LogP contribution >= 0.6 is 0 Å². The summed E-state index contributed by atoms with van der Waals surface area (Å²) in [6.45, 7) is 3.41. The monoisotopic (exact) mass is 384 g/mol. The lowest BCUT2D eigenvalue weighted by molar-refractivity contribution is -0.135. The van der Waals surface area contributed by atoms with Gasteiger partial charge >= 0.3 is 0 Å². The van der Waals surface area contributed by atoms with Crippen molar-refractivity contribution in [1.82, 2.24) is 9.21 Å². The predicted octanol–water partition coefficient (Wildman–Crippen LogP) is 1.87. The Balaban J connectivity index is 1.47. The van der Waals surface area contributed by atoms with Gasteiger partial charge < -0.3 is 9.64 Å². The van der Waals surface area contributed by atoms with Gasteiger partial charge in [-0.15, -0.1) is 0 Å². The van der Waals surface area contributed by atoms with Crippen LogP contribution in [0.3, 0.4) is 0 Å². The number of nitrogens with zero attached hydrogens (tertiary/aromatic N) is 2. The quantitative estimate of drug-likeness (QED) is 0.777. The van der Waals surface area contributed by atoms with Crippen molar-refractivity contribution in [3.8, 4) is 0 Å². The predicted molar refractivity (Wildman–Crippen MR) is 94.5 cm³/mol. The van der Waals surface area contributed by atoms with Gasteiger partial charge in [-0.3, -0.25) is 4.79 Å². The number of amides is 1. The van der Waals surface area contributed by atoms with Crippen molar-refractivity contribution in [1.29, 1.82) is 0 Å². The zero-order valence-electron chi connectivity index (χ0n) is 14.8. The smallest absolute Gasteiger partial charge is 0.243 e. The molecular formula is C18H25FN2O4S. The van der Waals surface area contributed by atoms with E-state index >= 15 is 0 Å². The Hall–Kier alpha value is -1.51. The van der Waals surface area contributed by atoms with Gasteiger partial charge in [-0.25, -0.2) is 12.8 Å². The second-order valence-electron chi connectivity index (χ2n) is 6.83. The molecule has 1 aromatic carbocycles. The maximum atomic E-state index is 13.0. The minimum atomic E-state index is -3.57. The molecule has 8 heteroatoms. The third kappa shape index (κ3) is 4.61. The van der Waals surface area contributed by atoms with Crippen LogP contribution in [0.4, 0.5) is 4.39 Å². The summed E-state index contributed by atoms with van der Waals surface area (Å²) < 4.78 is 44.9. The summed E-state index contributed by atoms with van der Waals surface area (Å²) in [5.74, 6) is 0.0712. The lowest BCUT2D eigenvalue weighted by Crippen LogP contribution is -2.41. The minimum absolute atomic E-state index is 0.125. The molecule has 0 N–H and O–H groups in total. The normalized spacial score (nSPS) is 20.3. The molecule has 0 atom stereocenters. The Morgan fingerprint density at radius 3 is 2.31 bits per heavy atom. The molecule has 0 saturated carbocycles. The van der Waals surface area contributed by atoms with E-state index in [0.717, 1.165) is 31.4 Å².